The van der Waals surface area contributed by atoms with Gasteiger partial charge in [-0.1, -0.05) is 6.92 Å². The second-order valence-electron chi connectivity index (χ2n) is 4.77. The third-order valence-corrected chi connectivity index (χ3v) is 3.32. The normalized spacial score (nSPS) is 17.2. The van der Waals surface area contributed by atoms with Crippen molar-refractivity contribution >= 4 is 0 Å². The quantitative estimate of drug-likeness (QED) is 0.823. The van der Waals surface area contributed by atoms with Gasteiger partial charge in [-0.15, -0.1) is 0 Å². The Morgan fingerprint density at radius 1 is 1.47 bits per heavy atom. The Labute approximate surface area is 103 Å². The molecule has 1 aromatic rings. The predicted octanol–water partition coefficient (Wildman–Crippen LogP) is 2.06. The van der Waals surface area contributed by atoms with Crippen molar-refractivity contribution in [2.75, 3.05) is 19.7 Å². The van der Waals surface area contributed by atoms with E-state index in [-0.39, 0.29) is 0 Å². The summed E-state index contributed by atoms with van der Waals surface area (Å²) in [5.74, 6) is 1.74. The SMILES string of the molecule is CCCn1cc(OCCC2CCNCC2)cn1. The molecule has 1 aliphatic heterocycles. The van der Waals surface area contributed by atoms with E-state index in [9.17, 15) is 0 Å². The van der Waals surface area contributed by atoms with Gasteiger partial charge in [0, 0.05) is 6.54 Å². The summed E-state index contributed by atoms with van der Waals surface area (Å²) in [5.41, 5.74) is 0. The Hall–Kier alpha value is -1.03. The third-order valence-electron chi connectivity index (χ3n) is 3.32. The van der Waals surface area contributed by atoms with Gasteiger partial charge in [-0.3, -0.25) is 4.68 Å². The van der Waals surface area contributed by atoms with Crippen LogP contribution in [0.5, 0.6) is 5.75 Å². The molecule has 1 saturated heterocycles. The number of aromatic nitrogens is 2. The van der Waals surface area contributed by atoms with Gasteiger partial charge in [-0.2, -0.15) is 5.10 Å². The number of ether oxygens (including phenoxy) is 1. The smallest absolute Gasteiger partial charge is 0.157 e. The van der Waals surface area contributed by atoms with Gasteiger partial charge in [0.15, 0.2) is 5.75 Å². The highest BCUT2D eigenvalue weighted by Crippen LogP contribution is 2.17. The van der Waals surface area contributed by atoms with Crippen LogP contribution in [0, 0.1) is 5.92 Å². The summed E-state index contributed by atoms with van der Waals surface area (Å²) < 4.78 is 7.68. The lowest BCUT2D eigenvalue weighted by Crippen LogP contribution is -2.28. The van der Waals surface area contributed by atoms with Crippen LogP contribution in [-0.2, 0) is 6.54 Å². The maximum Gasteiger partial charge on any atom is 0.157 e. The Morgan fingerprint density at radius 3 is 3.06 bits per heavy atom. The molecule has 0 spiro atoms. The zero-order valence-corrected chi connectivity index (χ0v) is 10.7. The van der Waals surface area contributed by atoms with Gasteiger partial charge >= 0.3 is 0 Å². The Bertz CT molecular complexity index is 318. The van der Waals surface area contributed by atoms with E-state index in [1.54, 1.807) is 0 Å². The summed E-state index contributed by atoms with van der Waals surface area (Å²) in [6.07, 6.45) is 8.66. The molecule has 0 amide bonds. The molecule has 0 bridgehead atoms. The van der Waals surface area contributed by atoms with Crippen molar-refractivity contribution in [3.63, 3.8) is 0 Å². The lowest BCUT2D eigenvalue weighted by molar-refractivity contribution is 0.251. The van der Waals surface area contributed by atoms with Crippen LogP contribution in [0.3, 0.4) is 0 Å². The van der Waals surface area contributed by atoms with E-state index in [2.05, 4.69) is 17.3 Å². The van der Waals surface area contributed by atoms with Crippen LogP contribution in [0.2, 0.25) is 0 Å². The van der Waals surface area contributed by atoms with Crippen LogP contribution in [0.25, 0.3) is 0 Å². The lowest BCUT2D eigenvalue weighted by atomic mass is 9.95. The molecule has 1 aromatic heterocycles. The van der Waals surface area contributed by atoms with Crippen LogP contribution < -0.4 is 10.1 Å². The molecular weight excluding hydrogens is 214 g/mol. The molecule has 1 aliphatic rings. The van der Waals surface area contributed by atoms with Crippen molar-refractivity contribution in [2.45, 2.75) is 39.2 Å². The molecule has 2 rings (SSSR count). The number of hydrogen-bond acceptors (Lipinski definition) is 3. The first kappa shape index (κ1) is 12.4. The van der Waals surface area contributed by atoms with Gasteiger partial charge < -0.3 is 10.1 Å². The summed E-state index contributed by atoms with van der Waals surface area (Å²) >= 11 is 0. The molecule has 1 fully saturated rings. The summed E-state index contributed by atoms with van der Waals surface area (Å²) in [5, 5.41) is 7.64. The zero-order chi connectivity index (χ0) is 11.9. The fourth-order valence-corrected chi connectivity index (χ4v) is 2.28. The first-order valence-electron chi connectivity index (χ1n) is 6.74. The Morgan fingerprint density at radius 2 is 2.29 bits per heavy atom. The molecule has 0 aromatic carbocycles. The van der Waals surface area contributed by atoms with Gasteiger partial charge in [-0.05, 0) is 44.7 Å². The molecule has 4 heteroatoms. The van der Waals surface area contributed by atoms with Crippen LogP contribution in [0.15, 0.2) is 12.4 Å². The maximum absolute atomic E-state index is 5.73. The van der Waals surface area contributed by atoms with Crippen molar-refractivity contribution in [1.82, 2.24) is 15.1 Å². The molecule has 1 N–H and O–H groups in total. The van der Waals surface area contributed by atoms with E-state index in [0.29, 0.717) is 0 Å². The van der Waals surface area contributed by atoms with Crippen molar-refractivity contribution < 1.29 is 4.74 Å². The van der Waals surface area contributed by atoms with Crippen molar-refractivity contribution in [3.8, 4) is 5.75 Å². The second kappa shape index (κ2) is 6.64. The standard InChI is InChI=1S/C13H23N3O/c1-2-8-16-11-13(10-15-16)17-9-5-12-3-6-14-7-4-12/h10-12,14H,2-9H2,1H3. The number of nitrogens with zero attached hydrogens (tertiary/aromatic N) is 2. The molecule has 0 unspecified atom stereocenters. The minimum Gasteiger partial charge on any atom is -0.490 e. The van der Waals surface area contributed by atoms with E-state index in [1.807, 2.05) is 17.1 Å². The average Bonchev–Trinajstić information content (AvgIpc) is 2.79. The fourth-order valence-electron chi connectivity index (χ4n) is 2.28. The Kier molecular flexibility index (Phi) is 4.86. The molecule has 4 nitrogen and oxygen atoms in total. The highest BCUT2D eigenvalue weighted by molar-refractivity contribution is 5.11. The number of rotatable bonds is 6. The van der Waals surface area contributed by atoms with E-state index >= 15 is 0 Å². The number of nitrogens with one attached hydrogen (secondary N) is 1. The molecule has 0 aliphatic carbocycles. The van der Waals surface area contributed by atoms with Gasteiger partial charge in [-0.25, -0.2) is 0 Å². The van der Waals surface area contributed by atoms with E-state index in [0.717, 1.165) is 31.2 Å². The summed E-state index contributed by atoms with van der Waals surface area (Å²) in [4.78, 5) is 0. The lowest BCUT2D eigenvalue weighted by Gasteiger charge is -2.22. The maximum atomic E-state index is 5.73. The largest absolute Gasteiger partial charge is 0.490 e. The summed E-state index contributed by atoms with van der Waals surface area (Å²) in [6.45, 7) is 6.28. The van der Waals surface area contributed by atoms with Gasteiger partial charge in [0.25, 0.3) is 0 Å². The minimum atomic E-state index is 0.822. The van der Waals surface area contributed by atoms with Crippen LogP contribution >= 0.6 is 0 Å². The van der Waals surface area contributed by atoms with Crippen LogP contribution in [0.1, 0.15) is 32.6 Å². The molecule has 0 radical (unpaired) electrons. The van der Waals surface area contributed by atoms with Crippen LogP contribution in [0.4, 0.5) is 0 Å². The van der Waals surface area contributed by atoms with Gasteiger partial charge in [0.2, 0.25) is 0 Å². The van der Waals surface area contributed by atoms with Gasteiger partial charge in [0.05, 0.1) is 19.0 Å². The van der Waals surface area contributed by atoms with Crippen molar-refractivity contribution in [1.29, 1.82) is 0 Å². The molecular formula is C13H23N3O. The number of aryl methyl sites for hydroxylation is 1. The summed E-state index contributed by atoms with van der Waals surface area (Å²) in [6, 6.07) is 0. The highest BCUT2D eigenvalue weighted by Gasteiger charge is 2.12. The van der Waals surface area contributed by atoms with E-state index in [4.69, 9.17) is 4.74 Å². The molecule has 0 atom stereocenters. The average molecular weight is 237 g/mol. The topological polar surface area (TPSA) is 39.1 Å². The second-order valence-corrected chi connectivity index (χ2v) is 4.77. The van der Waals surface area contributed by atoms with Crippen LogP contribution in [-0.4, -0.2) is 29.5 Å². The minimum absolute atomic E-state index is 0.822. The van der Waals surface area contributed by atoms with E-state index < -0.39 is 0 Å². The Balaban J connectivity index is 1.66. The molecule has 17 heavy (non-hydrogen) atoms. The zero-order valence-electron chi connectivity index (χ0n) is 10.7. The number of hydrogen-bond donors (Lipinski definition) is 1. The monoisotopic (exact) mass is 237 g/mol. The molecule has 0 saturated carbocycles. The summed E-state index contributed by atoms with van der Waals surface area (Å²) in [7, 11) is 0. The highest BCUT2D eigenvalue weighted by atomic mass is 16.5. The fraction of sp³-hybridized carbons (Fsp3) is 0.769. The van der Waals surface area contributed by atoms with Gasteiger partial charge in [0.1, 0.15) is 0 Å². The molecule has 2 heterocycles. The number of piperidine rings is 1. The first-order chi connectivity index (χ1) is 8.38. The predicted molar refractivity (Wildman–Crippen MR) is 68.2 cm³/mol. The third kappa shape index (κ3) is 4.04. The van der Waals surface area contributed by atoms with Crippen molar-refractivity contribution in [2.24, 2.45) is 5.92 Å². The van der Waals surface area contributed by atoms with Crippen molar-refractivity contribution in [3.05, 3.63) is 12.4 Å². The first-order valence-corrected chi connectivity index (χ1v) is 6.74. The molecule has 96 valence electrons. The van der Waals surface area contributed by atoms with E-state index in [1.165, 1.54) is 32.4 Å².